The summed E-state index contributed by atoms with van der Waals surface area (Å²) in [4.78, 5) is 0. The number of para-hydroxylation sites is 1. The topological polar surface area (TPSA) is 21.3 Å². The van der Waals surface area contributed by atoms with E-state index in [9.17, 15) is 0 Å². The van der Waals surface area contributed by atoms with Gasteiger partial charge in [0.15, 0.2) is 0 Å². The van der Waals surface area contributed by atoms with Gasteiger partial charge in [0.2, 0.25) is 0 Å². The quantitative estimate of drug-likeness (QED) is 0.773. The summed E-state index contributed by atoms with van der Waals surface area (Å²) in [6, 6.07) is 23.3. The van der Waals surface area contributed by atoms with E-state index < -0.39 is 0 Å². The lowest BCUT2D eigenvalue weighted by Crippen LogP contribution is -2.18. The maximum atomic E-state index is 5.50. The molecule has 0 spiro atoms. The van der Waals surface area contributed by atoms with Crippen molar-refractivity contribution in [1.82, 2.24) is 5.32 Å². The van der Waals surface area contributed by atoms with E-state index in [2.05, 4.69) is 53.8 Å². The molecule has 21 heavy (non-hydrogen) atoms. The number of ether oxygens (including phenoxy) is 1. The minimum atomic E-state index is 0.116. The summed E-state index contributed by atoms with van der Waals surface area (Å²) in [7, 11) is 3.69. The van der Waals surface area contributed by atoms with Gasteiger partial charge in [-0.05, 0) is 35.5 Å². The molecule has 0 aromatic heterocycles. The zero-order chi connectivity index (χ0) is 14.7. The fraction of sp³-hybridized carbons (Fsp3) is 0.158. The third-order valence-corrected chi connectivity index (χ3v) is 3.85. The van der Waals surface area contributed by atoms with Crippen LogP contribution >= 0.6 is 0 Å². The molecule has 0 radical (unpaired) electrons. The first kappa shape index (κ1) is 13.7. The van der Waals surface area contributed by atoms with Crippen molar-refractivity contribution in [3.63, 3.8) is 0 Å². The van der Waals surface area contributed by atoms with Gasteiger partial charge in [-0.15, -0.1) is 0 Å². The van der Waals surface area contributed by atoms with Gasteiger partial charge in [-0.1, -0.05) is 54.6 Å². The molecule has 0 aliphatic rings. The lowest BCUT2D eigenvalue weighted by molar-refractivity contribution is 0.405. The van der Waals surface area contributed by atoms with Gasteiger partial charge in [-0.3, -0.25) is 0 Å². The predicted octanol–water partition coefficient (Wildman–Crippen LogP) is 4.16. The van der Waals surface area contributed by atoms with Crippen LogP contribution in [0, 0.1) is 0 Å². The average molecular weight is 277 g/mol. The van der Waals surface area contributed by atoms with E-state index in [4.69, 9.17) is 4.74 Å². The van der Waals surface area contributed by atoms with E-state index in [0.717, 1.165) is 11.3 Å². The van der Waals surface area contributed by atoms with Crippen molar-refractivity contribution in [3.05, 3.63) is 77.9 Å². The van der Waals surface area contributed by atoms with Crippen LogP contribution in [0.2, 0.25) is 0 Å². The SMILES string of the molecule is CNC(c1ccc2ccccc2c1)c1ccccc1OC. The average Bonchev–Trinajstić information content (AvgIpc) is 2.56. The highest BCUT2D eigenvalue weighted by Gasteiger charge is 2.16. The number of methoxy groups -OCH3 is 1. The maximum absolute atomic E-state index is 5.50. The second kappa shape index (κ2) is 5.98. The van der Waals surface area contributed by atoms with Gasteiger partial charge in [0.05, 0.1) is 13.2 Å². The summed E-state index contributed by atoms with van der Waals surface area (Å²) in [5.41, 5.74) is 2.39. The molecule has 0 fully saturated rings. The highest BCUT2D eigenvalue weighted by Crippen LogP contribution is 2.31. The largest absolute Gasteiger partial charge is 0.496 e. The van der Waals surface area contributed by atoms with Gasteiger partial charge < -0.3 is 10.1 Å². The number of hydrogen-bond acceptors (Lipinski definition) is 2. The summed E-state index contributed by atoms with van der Waals surface area (Å²) in [5.74, 6) is 0.907. The van der Waals surface area contributed by atoms with Crippen LogP contribution in [0.25, 0.3) is 10.8 Å². The lowest BCUT2D eigenvalue weighted by atomic mass is 9.95. The number of nitrogens with one attached hydrogen (secondary N) is 1. The predicted molar refractivity (Wildman–Crippen MR) is 87.8 cm³/mol. The Hall–Kier alpha value is -2.32. The first-order valence-electron chi connectivity index (χ1n) is 7.12. The maximum Gasteiger partial charge on any atom is 0.123 e. The van der Waals surface area contributed by atoms with Crippen molar-refractivity contribution in [2.75, 3.05) is 14.2 Å². The Morgan fingerprint density at radius 3 is 2.33 bits per heavy atom. The van der Waals surface area contributed by atoms with Gasteiger partial charge >= 0.3 is 0 Å². The van der Waals surface area contributed by atoms with E-state index in [0.29, 0.717) is 0 Å². The van der Waals surface area contributed by atoms with Crippen molar-refractivity contribution in [2.45, 2.75) is 6.04 Å². The zero-order valence-corrected chi connectivity index (χ0v) is 12.3. The fourth-order valence-corrected chi connectivity index (χ4v) is 2.79. The van der Waals surface area contributed by atoms with Gasteiger partial charge in [0, 0.05) is 5.56 Å². The Labute approximate surface area is 125 Å². The Balaban J connectivity index is 2.09. The van der Waals surface area contributed by atoms with Crippen molar-refractivity contribution >= 4 is 10.8 Å². The highest BCUT2D eigenvalue weighted by atomic mass is 16.5. The first-order valence-corrected chi connectivity index (χ1v) is 7.12. The monoisotopic (exact) mass is 277 g/mol. The number of benzene rings is 3. The Morgan fingerprint density at radius 2 is 1.57 bits per heavy atom. The summed E-state index contributed by atoms with van der Waals surface area (Å²) in [6.07, 6.45) is 0. The molecule has 1 atom stereocenters. The molecule has 0 aliphatic heterocycles. The van der Waals surface area contributed by atoms with Crippen LogP contribution in [-0.2, 0) is 0 Å². The van der Waals surface area contributed by atoms with Crippen LogP contribution in [0.15, 0.2) is 66.7 Å². The van der Waals surface area contributed by atoms with Crippen LogP contribution < -0.4 is 10.1 Å². The second-order valence-electron chi connectivity index (χ2n) is 5.07. The molecule has 1 N–H and O–H groups in total. The van der Waals surface area contributed by atoms with Gasteiger partial charge in [-0.2, -0.15) is 0 Å². The van der Waals surface area contributed by atoms with Gasteiger partial charge in [0.1, 0.15) is 5.75 Å². The Morgan fingerprint density at radius 1 is 0.857 bits per heavy atom. The van der Waals surface area contributed by atoms with E-state index in [-0.39, 0.29) is 6.04 Å². The second-order valence-corrected chi connectivity index (χ2v) is 5.07. The molecule has 0 aliphatic carbocycles. The van der Waals surface area contributed by atoms with E-state index in [1.807, 2.05) is 25.2 Å². The van der Waals surface area contributed by atoms with Crippen molar-refractivity contribution in [1.29, 1.82) is 0 Å². The molecule has 0 saturated heterocycles. The van der Waals surface area contributed by atoms with Crippen molar-refractivity contribution in [3.8, 4) is 5.75 Å². The Kier molecular flexibility index (Phi) is 3.89. The normalized spacial score (nSPS) is 12.3. The van der Waals surface area contributed by atoms with Crippen LogP contribution in [0.3, 0.4) is 0 Å². The van der Waals surface area contributed by atoms with Crippen LogP contribution in [-0.4, -0.2) is 14.2 Å². The molecule has 3 aromatic carbocycles. The third-order valence-electron chi connectivity index (χ3n) is 3.85. The molecule has 2 nitrogen and oxygen atoms in total. The smallest absolute Gasteiger partial charge is 0.123 e. The Bertz CT molecular complexity index is 751. The fourth-order valence-electron chi connectivity index (χ4n) is 2.79. The molecule has 1 unspecified atom stereocenters. The number of fused-ring (bicyclic) bond motifs is 1. The third kappa shape index (κ3) is 2.63. The van der Waals surface area contributed by atoms with E-state index in [1.165, 1.54) is 16.3 Å². The van der Waals surface area contributed by atoms with Crippen LogP contribution in [0.4, 0.5) is 0 Å². The van der Waals surface area contributed by atoms with Crippen LogP contribution in [0.1, 0.15) is 17.2 Å². The highest BCUT2D eigenvalue weighted by molar-refractivity contribution is 5.83. The molecular formula is C19H19NO. The van der Waals surface area contributed by atoms with Crippen molar-refractivity contribution in [2.24, 2.45) is 0 Å². The minimum Gasteiger partial charge on any atom is -0.496 e. The van der Waals surface area contributed by atoms with Gasteiger partial charge in [0.25, 0.3) is 0 Å². The molecule has 0 saturated carbocycles. The summed E-state index contributed by atoms with van der Waals surface area (Å²) >= 11 is 0. The lowest BCUT2D eigenvalue weighted by Gasteiger charge is -2.20. The summed E-state index contributed by atoms with van der Waals surface area (Å²) < 4.78 is 5.50. The molecule has 3 rings (SSSR count). The summed E-state index contributed by atoms with van der Waals surface area (Å²) in [6.45, 7) is 0. The van der Waals surface area contributed by atoms with Gasteiger partial charge in [-0.25, -0.2) is 0 Å². The zero-order valence-electron chi connectivity index (χ0n) is 12.3. The molecule has 0 heterocycles. The molecule has 3 aromatic rings. The molecule has 2 heteroatoms. The van der Waals surface area contributed by atoms with Crippen LogP contribution in [0.5, 0.6) is 5.75 Å². The molecule has 0 bridgehead atoms. The summed E-state index contributed by atoms with van der Waals surface area (Å²) in [5, 5.41) is 5.91. The molecule has 106 valence electrons. The first-order chi connectivity index (χ1) is 10.3. The standard InChI is InChI=1S/C19H19NO/c1-20-19(17-9-5-6-10-18(17)21-2)16-12-11-14-7-3-4-8-15(14)13-16/h3-13,19-20H,1-2H3. The number of hydrogen-bond donors (Lipinski definition) is 1. The van der Waals surface area contributed by atoms with E-state index in [1.54, 1.807) is 7.11 Å². The van der Waals surface area contributed by atoms with Crippen molar-refractivity contribution < 1.29 is 4.74 Å². The number of rotatable bonds is 4. The molecule has 0 amide bonds. The molecular weight excluding hydrogens is 258 g/mol. The minimum absolute atomic E-state index is 0.116. The van der Waals surface area contributed by atoms with E-state index >= 15 is 0 Å².